The fourth-order valence-corrected chi connectivity index (χ4v) is 3.74. The summed E-state index contributed by atoms with van der Waals surface area (Å²) in [6, 6.07) is 8.15. The fraction of sp³-hybridized carbons (Fsp3) is 0.667. The van der Waals surface area contributed by atoms with Crippen LogP contribution >= 0.6 is 11.6 Å². The first-order chi connectivity index (χ1) is 9.28. The molecule has 0 bridgehead atoms. The zero-order valence-electron chi connectivity index (χ0n) is 13.1. The van der Waals surface area contributed by atoms with Crippen molar-refractivity contribution >= 4 is 11.6 Å². The summed E-state index contributed by atoms with van der Waals surface area (Å²) in [7, 11) is 0. The number of rotatable bonds is 2. The van der Waals surface area contributed by atoms with Gasteiger partial charge in [-0.1, -0.05) is 50.9 Å². The van der Waals surface area contributed by atoms with E-state index < -0.39 is 0 Å². The zero-order valence-corrected chi connectivity index (χ0v) is 13.8. The van der Waals surface area contributed by atoms with Gasteiger partial charge in [0.2, 0.25) is 0 Å². The molecule has 1 fully saturated rings. The van der Waals surface area contributed by atoms with Crippen molar-refractivity contribution < 1.29 is 0 Å². The van der Waals surface area contributed by atoms with E-state index in [1.54, 1.807) is 0 Å². The highest BCUT2D eigenvalue weighted by Gasteiger charge is 2.33. The largest absolute Gasteiger partial charge is 0.325 e. The van der Waals surface area contributed by atoms with E-state index in [1.165, 1.54) is 24.8 Å². The minimum absolute atomic E-state index is 0.0509. The van der Waals surface area contributed by atoms with Crippen LogP contribution in [0.15, 0.2) is 24.3 Å². The molecule has 0 saturated heterocycles. The van der Waals surface area contributed by atoms with Crippen LogP contribution in [0.25, 0.3) is 0 Å². The molecular formula is C18H28ClN. The number of hydrogen-bond acceptors (Lipinski definition) is 1. The van der Waals surface area contributed by atoms with E-state index in [1.807, 2.05) is 12.1 Å². The summed E-state index contributed by atoms with van der Waals surface area (Å²) >= 11 is 6.08. The van der Waals surface area contributed by atoms with Crippen LogP contribution < -0.4 is 5.73 Å². The maximum Gasteiger partial charge on any atom is 0.0408 e. The molecule has 1 nitrogen and oxygen atoms in total. The van der Waals surface area contributed by atoms with E-state index in [4.69, 9.17) is 17.3 Å². The van der Waals surface area contributed by atoms with Crippen LogP contribution in [-0.2, 0) is 6.42 Å². The third-order valence-corrected chi connectivity index (χ3v) is 5.12. The monoisotopic (exact) mass is 293 g/mol. The lowest BCUT2D eigenvalue weighted by Gasteiger charge is -2.31. The molecule has 0 aliphatic heterocycles. The molecule has 2 N–H and O–H groups in total. The molecule has 0 amide bonds. The smallest absolute Gasteiger partial charge is 0.0408 e. The number of halogens is 1. The lowest BCUT2D eigenvalue weighted by atomic mass is 9.76. The van der Waals surface area contributed by atoms with Gasteiger partial charge in [-0.05, 0) is 61.1 Å². The maximum absolute atomic E-state index is 6.70. The summed E-state index contributed by atoms with van der Waals surface area (Å²) in [5.41, 5.74) is 8.33. The van der Waals surface area contributed by atoms with Gasteiger partial charge in [-0.2, -0.15) is 0 Å². The summed E-state index contributed by atoms with van der Waals surface area (Å²) in [5.74, 6) is 0.798. The second-order valence-electron chi connectivity index (χ2n) is 7.66. The van der Waals surface area contributed by atoms with Crippen molar-refractivity contribution in [2.45, 2.75) is 64.8 Å². The van der Waals surface area contributed by atoms with Crippen molar-refractivity contribution in [1.82, 2.24) is 0 Å². The Bertz CT molecular complexity index is 449. The van der Waals surface area contributed by atoms with Crippen LogP contribution in [0.5, 0.6) is 0 Å². The molecule has 2 heteroatoms. The van der Waals surface area contributed by atoms with Gasteiger partial charge in [-0.25, -0.2) is 0 Å². The average molecular weight is 294 g/mol. The molecule has 20 heavy (non-hydrogen) atoms. The van der Waals surface area contributed by atoms with E-state index in [-0.39, 0.29) is 5.54 Å². The van der Waals surface area contributed by atoms with Gasteiger partial charge in [0.25, 0.3) is 0 Å². The van der Waals surface area contributed by atoms with Crippen LogP contribution in [0.2, 0.25) is 5.02 Å². The Morgan fingerprint density at radius 1 is 1.25 bits per heavy atom. The first kappa shape index (κ1) is 15.9. The second kappa shape index (κ2) is 6.07. The van der Waals surface area contributed by atoms with Crippen molar-refractivity contribution in [3.63, 3.8) is 0 Å². The molecular weight excluding hydrogens is 266 g/mol. The quantitative estimate of drug-likeness (QED) is 0.745. The van der Waals surface area contributed by atoms with E-state index in [0.717, 1.165) is 30.2 Å². The maximum atomic E-state index is 6.70. The molecule has 112 valence electrons. The van der Waals surface area contributed by atoms with Crippen LogP contribution in [-0.4, -0.2) is 5.54 Å². The average Bonchev–Trinajstić information content (AvgIpc) is 2.50. The van der Waals surface area contributed by atoms with E-state index in [2.05, 4.69) is 32.9 Å². The van der Waals surface area contributed by atoms with E-state index in [9.17, 15) is 0 Å². The Balaban J connectivity index is 2.04. The van der Waals surface area contributed by atoms with Gasteiger partial charge in [-0.15, -0.1) is 0 Å². The van der Waals surface area contributed by atoms with Crippen LogP contribution in [0, 0.1) is 11.3 Å². The highest BCUT2D eigenvalue weighted by Crippen LogP contribution is 2.39. The molecule has 1 aliphatic carbocycles. The van der Waals surface area contributed by atoms with Gasteiger partial charge in [-0.3, -0.25) is 0 Å². The Morgan fingerprint density at radius 2 is 2.00 bits per heavy atom. The first-order valence-corrected chi connectivity index (χ1v) is 8.20. The third-order valence-electron chi connectivity index (χ3n) is 4.89. The standard InChI is InChI=1S/C18H28ClN/c1-17(2,3)15-7-5-10-18(20,11-9-15)13-14-6-4-8-16(19)12-14/h4,6,8,12,15H,5,7,9-11,13,20H2,1-3H3. The molecule has 2 rings (SSSR count). The Kier molecular flexibility index (Phi) is 4.81. The van der Waals surface area contributed by atoms with Gasteiger partial charge in [0, 0.05) is 10.6 Å². The molecule has 1 aromatic rings. The Hall–Kier alpha value is -0.530. The summed E-state index contributed by atoms with van der Waals surface area (Å²) in [4.78, 5) is 0. The minimum atomic E-state index is -0.0509. The van der Waals surface area contributed by atoms with Crippen molar-refractivity contribution in [1.29, 1.82) is 0 Å². The first-order valence-electron chi connectivity index (χ1n) is 7.82. The highest BCUT2D eigenvalue weighted by molar-refractivity contribution is 6.30. The Labute approximate surface area is 128 Å². The fourth-order valence-electron chi connectivity index (χ4n) is 3.53. The number of hydrogen-bond donors (Lipinski definition) is 1. The van der Waals surface area contributed by atoms with Gasteiger partial charge in [0.1, 0.15) is 0 Å². The molecule has 1 aromatic carbocycles. The predicted molar refractivity (Wildman–Crippen MR) is 88.1 cm³/mol. The highest BCUT2D eigenvalue weighted by atomic mass is 35.5. The summed E-state index contributed by atoms with van der Waals surface area (Å²) in [6.45, 7) is 7.08. The topological polar surface area (TPSA) is 26.0 Å². The SMILES string of the molecule is CC(C)(C)C1CCCC(N)(Cc2cccc(Cl)c2)CC1. The van der Waals surface area contributed by atoms with Gasteiger partial charge in [0.15, 0.2) is 0 Å². The minimum Gasteiger partial charge on any atom is -0.325 e. The molecule has 0 heterocycles. The summed E-state index contributed by atoms with van der Waals surface area (Å²) < 4.78 is 0. The van der Waals surface area contributed by atoms with Crippen LogP contribution in [0.3, 0.4) is 0 Å². The lowest BCUT2D eigenvalue weighted by Crippen LogP contribution is -2.41. The molecule has 2 unspecified atom stereocenters. The molecule has 0 spiro atoms. The molecule has 1 aliphatic rings. The van der Waals surface area contributed by atoms with Crippen molar-refractivity contribution in [3.05, 3.63) is 34.9 Å². The predicted octanol–water partition coefficient (Wildman–Crippen LogP) is 5.21. The molecule has 0 radical (unpaired) electrons. The van der Waals surface area contributed by atoms with Crippen molar-refractivity contribution in [2.24, 2.45) is 17.1 Å². The number of benzene rings is 1. The van der Waals surface area contributed by atoms with Gasteiger partial charge < -0.3 is 5.73 Å². The Morgan fingerprint density at radius 3 is 2.65 bits per heavy atom. The zero-order chi connectivity index (χ0) is 14.8. The molecule has 0 aromatic heterocycles. The van der Waals surface area contributed by atoms with Gasteiger partial charge >= 0.3 is 0 Å². The second-order valence-corrected chi connectivity index (χ2v) is 8.10. The summed E-state index contributed by atoms with van der Waals surface area (Å²) in [6.07, 6.45) is 7.02. The molecule has 2 atom stereocenters. The van der Waals surface area contributed by atoms with Crippen LogP contribution in [0.1, 0.15) is 58.4 Å². The van der Waals surface area contributed by atoms with Crippen molar-refractivity contribution in [3.8, 4) is 0 Å². The summed E-state index contributed by atoms with van der Waals surface area (Å²) in [5, 5.41) is 0.812. The van der Waals surface area contributed by atoms with Crippen LogP contribution in [0.4, 0.5) is 0 Å². The lowest BCUT2D eigenvalue weighted by molar-refractivity contribution is 0.210. The van der Waals surface area contributed by atoms with Crippen molar-refractivity contribution in [2.75, 3.05) is 0 Å². The van der Waals surface area contributed by atoms with Gasteiger partial charge in [0.05, 0.1) is 0 Å². The third kappa shape index (κ3) is 4.23. The van der Waals surface area contributed by atoms with E-state index >= 15 is 0 Å². The van der Waals surface area contributed by atoms with E-state index in [0.29, 0.717) is 5.41 Å². The normalized spacial score (nSPS) is 28.1. The number of nitrogens with two attached hydrogens (primary N) is 1. The molecule has 1 saturated carbocycles.